The molecule has 0 atom stereocenters. The number of aromatic nitrogens is 20. The van der Waals surface area contributed by atoms with Crippen LogP contribution in [-0.4, -0.2) is 135 Å². The number of aromatic amines is 5. The van der Waals surface area contributed by atoms with Crippen LogP contribution in [0.2, 0.25) is 5.02 Å². The van der Waals surface area contributed by atoms with Crippen molar-refractivity contribution in [1.29, 1.82) is 0 Å². The highest BCUT2D eigenvalue weighted by atomic mass is 35.5. The minimum atomic E-state index is -0.613. The summed E-state index contributed by atoms with van der Waals surface area (Å²) in [7, 11) is 0. The summed E-state index contributed by atoms with van der Waals surface area (Å²) in [5.74, 6) is 2.01. The molecule has 11 aromatic heterocycles. The summed E-state index contributed by atoms with van der Waals surface area (Å²) in [6, 6.07) is 43.5. The molecular weight excluding hydrogens is 1720 g/mol. The molecule has 0 bridgehead atoms. The summed E-state index contributed by atoms with van der Waals surface area (Å²) in [6.07, 6.45) is 18.1. The second-order valence-electron chi connectivity index (χ2n) is 31.8. The van der Waals surface area contributed by atoms with Gasteiger partial charge in [-0.25, -0.2) is 29.3 Å². The Bertz CT molecular complexity index is 7160. The Kier molecular flexibility index (Phi) is 26.8. The van der Waals surface area contributed by atoms with Gasteiger partial charge in [-0.1, -0.05) is 54.1 Å². The number of carbonyl (C=O) groups is 5. The average molecular weight is 1810 g/mol. The summed E-state index contributed by atoms with van der Waals surface area (Å²) in [4.78, 5) is 161. The molecule has 0 aliphatic heterocycles. The van der Waals surface area contributed by atoms with Gasteiger partial charge < -0.3 is 31.0 Å². The van der Waals surface area contributed by atoms with Gasteiger partial charge in [-0.2, -0.15) is 48.9 Å². The van der Waals surface area contributed by atoms with E-state index in [0.29, 0.717) is 121 Å². The molecule has 668 valence electrons. The minimum Gasteiger partial charge on any atom is -0.459 e. The maximum absolute atomic E-state index is 13.9. The van der Waals surface area contributed by atoms with E-state index in [1.54, 1.807) is 124 Å². The van der Waals surface area contributed by atoms with Crippen molar-refractivity contribution in [2.24, 2.45) is 0 Å². The van der Waals surface area contributed by atoms with Crippen molar-refractivity contribution in [3.8, 4) is 29.7 Å². The predicted molar refractivity (Wildman–Crippen MR) is 488 cm³/mol. The molecule has 5 aliphatic rings. The molecule has 10 N–H and O–H groups in total. The number of halogens is 2. The number of benzene rings is 4. The monoisotopic (exact) mass is 1810 g/mol. The van der Waals surface area contributed by atoms with Gasteiger partial charge in [0.15, 0.2) is 5.76 Å². The number of rotatable bonds is 18. The van der Waals surface area contributed by atoms with Crippen molar-refractivity contribution in [2.45, 2.75) is 154 Å². The molecule has 0 saturated heterocycles. The van der Waals surface area contributed by atoms with Crippen LogP contribution in [-0.2, 0) is 38.5 Å². The maximum Gasteiger partial charge on any atom is 0.292 e. The van der Waals surface area contributed by atoms with E-state index in [4.69, 9.17) is 16.0 Å². The normalized spacial score (nSPS) is 13.4. The van der Waals surface area contributed by atoms with Gasteiger partial charge in [-0.05, 0) is 216 Å². The molecule has 5 amide bonds. The number of thioether (sulfide) groups is 1. The molecule has 4 aromatic carbocycles. The summed E-state index contributed by atoms with van der Waals surface area (Å²) in [5.41, 5.74) is 10.2. The Hall–Kier alpha value is -15.5. The summed E-state index contributed by atoms with van der Waals surface area (Å²) in [5, 5.41) is 36.3. The number of H-pyrrole nitrogens is 5. The maximum atomic E-state index is 13.9. The highest BCUT2D eigenvalue weighted by Gasteiger charge is 2.30. The first-order chi connectivity index (χ1) is 63.3. The molecule has 15 aromatic rings. The van der Waals surface area contributed by atoms with Gasteiger partial charge in [0.25, 0.3) is 57.3 Å². The zero-order chi connectivity index (χ0) is 91.7. The molecule has 2 saturated carbocycles. The van der Waals surface area contributed by atoms with E-state index in [1.165, 1.54) is 71.8 Å². The Morgan fingerprint density at radius 1 is 0.389 bits per heavy atom. The Balaban J connectivity index is 0.000000120. The first-order valence-corrected chi connectivity index (χ1v) is 44.1. The second kappa shape index (κ2) is 39.4. The van der Waals surface area contributed by atoms with Crippen LogP contribution < -0.4 is 54.4 Å². The van der Waals surface area contributed by atoms with E-state index in [2.05, 4.69) is 102 Å². The highest BCUT2D eigenvalue weighted by Crippen LogP contribution is 2.40. The Morgan fingerprint density at radius 2 is 0.733 bits per heavy atom. The largest absolute Gasteiger partial charge is 0.459 e. The van der Waals surface area contributed by atoms with E-state index >= 15 is 0 Å². The molecule has 39 heteroatoms. The van der Waals surface area contributed by atoms with Gasteiger partial charge in [-0.3, -0.25) is 72.9 Å². The zero-order valence-corrected chi connectivity index (χ0v) is 73.5. The smallest absolute Gasteiger partial charge is 0.292 e. The first-order valence-electron chi connectivity index (χ1n) is 42.5. The molecule has 0 radical (unpaired) electrons. The molecule has 5 aliphatic carbocycles. The molecular formula is C92H89ClFN25O11S. The molecule has 2 fully saturated rings. The number of carbonyl (C=O) groups excluding carboxylic acids is 5. The van der Waals surface area contributed by atoms with Gasteiger partial charge in [-0.15, -0.1) is 11.8 Å². The van der Waals surface area contributed by atoms with Crippen LogP contribution in [0.1, 0.15) is 202 Å². The van der Waals surface area contributed by atoms with E-state index in [-0.39, 0.29) is 68.7 Å². The van der Waals surface area contributed by atoms with Gasteiger partial charge in [0, 0.05) is 92.0 Å². The standard InChI is InChI=1S/C20H21N5O2S.C19H18FN5O2.C19H19N5O2.C18H16ClN5O2.C16H15N5O3/c1-12-11-17(22-19(27)14-8-4-6-10-16(14)28-2)25(24-12)20-21-15-9-5-3-7-13(15)18(26)23-20;1-11-10-16(22-17(26)12-6-2-4-8-14(12)20)25(24-11)19-21-15-9-5-3-7-13(15)18(27)23-19;1-12-11-16(21-17(25)13-7-3-2-4-8-13)24(23-12)19-20-15-10-6-5-9-14(15)18(26)22-19;1-10-8-15(21-17(26)12-4-6-13(19)7-5-12)24(23-10)18-20-14(11-2-3-11)9-16(25)22-18;1-9-7-13(18-15(23)12-3-2-6-24-12)21(20-9)16-17-11(10-4-5-10)8-14(22)19-16/h4,6,8,10-11H,3,5,7,9H2,1-2H3,(H,22,27)(H,21,23,26);2,4,6,8,10H,3,5,7,9H2,1H3,(H,22,26)(H,21,23,27);2-4,7-8,11H,5-6,9-10H2,1H3,(H,21,25)(H,20,22,26);4-9,11H,2-3H2,1H3,(H,21,26)(H,20,22,25);2-3,6-8,10H,4-5H2,1H3,(H,18,23)(H,17,19,22). The van der Waals surface area contributed by atoms with Crippen LogP contribution in [0.4, 0.5) is 33.5 Å². The van der Waals surface area contributed by atoms with Crippen molar-refractivity contribution >= 4 is 82.0 Å². The lowest BCUT2D eigenvalue weighted by Gasteiger charge is -2.15. The number of fused-ring (bicyclic) bond motifs is 3. The van der Waals surface area contributed by atoms with Crippen molar-refractivity contribution in [3.63, 3.8) is 0 Å². The van der Waals surface area contributed by atoms with Gasteiger partial charge in [0.1, 0.15) is 34.9 Å². The van der Waals surface area contributed by atoms with Crippen molar-refractivity contribution in [2.75, 3.05) is 32.8 Å². The molecule has 36 nitrogen and oxygen atoms in total. The highest BCUT2D eigenvalue weighted by molar-refractivity contribution is 7.98. The first kappa shape index (κ1) is 88.9. The van der Waals surface area contributed by atoms with Crippen LogP contribution in [0, 0.1) is 40.4 Å². The number of aryl methyl sites for hydroxylation is 8. The third-order valence-corrected chi connectivity index (χ3v) is 22.8. The number of hydrogen-bond acceptors (Lipinski definition) is 22. The lowest BCUT2D eigenvalue weighted by atomic mass is 9.97. The summed E-state index contributed by atoms with van der Waals surface area (Å²) in [6.45, 7) is 9.01. The number of nitrogens with zero attached hydrogens (tertiary/aromatic N) is 15. The van der Waals surface area contributed by atoms with Crippen molar-refractivity contribution in [1.82, 2.24) is 98.7 Å². The number of nitrogens with one attached hydrogen (secondary N) is 10. The SMILES string of the molecule is CSc1ccccc1C(=O)Nc1cc(C)nn1-c1nc2c(c(=O)[nH]1)CCCC2.Cc1cc(NC(=O)c2ccc(Cl)cc2)n(-c2nc(C3CC3)cc(=O)[nH]2)n1.Cc1cc(NC(=O)c2ccccc2)n(-c2nc3c(c(=O)[nH]2)CCCC3)n1.Cc1cc(NC(=O)c2ccccc2F)n(-c2nc3c(c(=O)[nH]2)CCCC3)n1.Cc1cc(NC(=O)c2ccco2)n(-c2nc(C3CC3)cc(=O)[nH]2)n1. The fourth-order valence-corrected chi connectivity index (χ4v) is 15.8. The third-order valence-electron chi connectivity index (χ3n) is 21.8. The summed E-state index contributed by atoms with van der Waals surface area (Å²) >= 11 is 7.37. The number of anilines is 5. The summed E-state index contributed by atoms with van der Waals surface area (Å²) < 4.78 is 26.1. The fourth-order valence-electron chi connectivity index (χ4n) is 15.1. The number of amides is 5. The third kappa shape index (κ3) is 21.4. The predicted octanol–water partition coefficient (Wildman–Crippen LogP) is 13.1. The number of hydrogen-bond donors (Lipinski definition) is 10. The molecule has 0 unspecified atom stereocenters. The van der Waals surface area contributed by atoms with Crippen molar-refractivity contribution in [3.05, 3.63) is 328 Å². The molecule has 20 rings (SSSR count). The Labute approximate surface area is 754 Å². The van der Waals surface area contributed by atoms with Crippen molar-refractivity contribution < 1.29 is 32.8 Å². The average Bonchev–Trinajstić information content (AvgIpc) is 1.59. The van der Waals surface area contributed by atoms with Crippen LogP contribution in [0.15, 0.2) is 197 Å². The van der Waals surface area contributed by atoms with Gasteiger partial charge in [0.05, 0.1) is 74.3 Å². The van der Waals surface area contributed by atoms with Gasteiger partial charge >= 0.3 is 0 Å². The number of furan rings is 1. The molecule has 11 heterocycles. The van der Waals surface area contributed by atoms with Crippen LogP contribution in [0.5, 0.6) is 0 Å². The molecule has 0 spiro atoms. The van der Waals surface area contributed by atoms with E-state index < -0.39 is 17.6 Å². The van der Waals surface area contributed by atoms with E-state index in [1.807, 2.05) is 44.4 Å². The fraction of sp³-hybridized carbons (Fsp3) is 0.261. The van der Waals surface area contributed by atoms with Crippen LogP contribution in [0.25, 0.3) is 29.7 Å². The quantitative estimate of drug-likeness (QED) is 0.0357. The zero-order valence-electron chi connectivity index (χ0n) is 71.9. The Morgan fingerprint density at radius 3 is 1.11 bits per heavy atom. The topological polar surface area (TPSA) is 476 Å². The van der Waals surface area contributed by atoms with E-state index in [9.17, 15) is 52.3 Å². The second-order valence-corrected chi connectivity index (χ2v) is 33.1. The van der Waals surface area contributed by atoms with Gasteiger partial charge in [0.2, 0.25) is 29.7 Å². The minimum absolute atomic E-state index is 0.0743. The van der Waals surface area contributed by atoms with Crippen LogP contribution >= 0.6 is 23.4 Å². The van der Waals surface area contributed by atoms with Crippen LogP contribution in [0.3, 0.4) is 0 Å². The molecule has 131 heavy (non-hydrogen) atoms. The van der Waals surface area contributed by atoms with E-state index in [0.717, 1.165) is 141 Å². The lowest BCUT2D eigenvalue weighted by molar-refractivity contribution is 0.0991. The lowest BCUT2D eigenvalue weighted by Crippen LogP contribution is -2.25.